The quantitative estimate of drug-likeness (QED) is 0.282. The smallest absolute Gasteiger partial charge is 0.341 e. The van der Waals surface area contributed by atoms with Gasteiger partial charge in [-0.1, -0.05) is 11.8 Å². The van der Waals surface area contributed by atoms with Crippen molar-refractivity contribution in [1.82, 2.24) is 20.2 Å². The number of thiophene rings is 1. The topological polar surface area (TPSA) is 125 Å². The lowest BCUT2D eigenvalue weighted by atomic mass is 10.1. The van der Waals surface area contributed by atoms with Crippen molar-refractivity contribution in [3.63, 3.8) is 0 Å². The number of methoxy groups -OCH3 is 1. The van der Waals surface area contributed by atoms with Crippen LogP contribution in [0.3, 0.4) is 0 Å². The van der Waals surface area contributed by atoms with Gasteiger partial charge in [0, 0.05) is 0 Å². The maximum absolute atomic E-state index is 12.6. The van der Waals surface area contributed by atoms with E-state index in [4.69, 9.17) is 9.47 Å². The molecule has 1 amide bonds. The van der Waals surface area contributed by atoms with E-state index < -0.39 is 5.97 Å². The number of anilines is 1. The molecule has 10 nitrogen and oxygen atoms in total. The van der Waals surface area contributed by atoms with Gasteiger partial charge in [-0.05, 0) is 61.0 Å². The van der Waals surface area contributed by atoms with Gasteiger partial charge in [0.05, 0.1) is 35.6 Å². The number of hydrogen-bond donors (Lipinski definition) is 1. The molecule has 12 heteroatoms. The van der Waals surface area contributed by atoms with Crippen LogP contribution in [0.4, 0.5) is 5.00 Å². The molecule has 0 spiro atoms. The normalized spacial score (nSPS) is 10.6. The fourth-order valence-corrected chi connectivity index (χ4v) is 4.66. The van der Waals surface area contributed by atoms with E-state index in [-0.39, 0.29) is 28.0 Å². The van der Waals surface area contributed by atoms with E-state index in [0.29, 0.717) is 27.9 Å². The number of esters is 1. The first-order valence-electron chi connectivity index (χ1n) is 9.52. The van der Waals surface area contributed by atoms with Crippen molar-refractivity contribution in [3.05, 3.63) is 40.3 Å². The van der Waals surface area contributed by atoms with Crippen molar-refractivity contribution in [3.8, 4) is 11.4 Å². The standard InChI is InChI=1S/C20H21N5O5S2/c1-5-30-14-8-6-13(7-9-14)25-20(22-23-24-25)31-10-15(27)21-18-16(19(28)29-4)11(2)17(32-18)12(3)26/h6-9H,5,10H2,1-4H3,(H,21,27). The van der Waals surface area contributed by atoms with Gasteiger partial charge in [0.25, 0.3) is 0 Å². The Morgan fingerprint density at radius 2 is 1.94 bits per heavy atom. The van der Waals surface area contributed by atoms with E-state index in [1.54, 1.807) is 6.92 Å². The molecule has 32 heavy (non-hydrogen) atoms. The number of ether oxygens (including phenoxy) is 2. The number of rotatable bonds is 9. The molecule has 0 saturated heterocycles. The lowest BCUT2D eigenvalue weighted by Gasteiger charge is -2.07. The number of thioether (sulfide) groups is 1. The van der Waals surface area contributed by atoms with Crippen molar-refractivity contribution in [2.45, 2.75) is 25.9 Å². The number of benzene rings is 1. The fraction of sp³-hybridized carbons (Fsp3) is 0.300. The highest BCUT2D eigenvalue weighted by Crippen LogP contribution is 2.34. The van der Waals surface area contributed by atoms with Gasteiger partial charge in [0.15, 0.2) is 5.78 Å². The number of nitrogens with one attached hydrogen (secondary N) is 1. The molecule has 0 aliphatic heterocycles. The molecule has 2 heterocycles. The van der Waals surface area contributed by atoms with Crippen molar-refractivity contribution in [1.29, 1.82) is 0 Å². The zero-order valence-corrected chi connectivity index (χ0v) is 19.5. The minimum atomic E-state index is -0.617. The zero-order chi connectivity index (χ0) is 23.3. The molecular weight excluding hydrogens is 454 g/mol. The first kappa shape index (κ1) is 23.4. The molecule has 3 rings (SSSR count). The summed E-state index contributed by atoms with van der Waals surface area (Å²) in [6.07, 6.45) is 0. The average Bonchev–Trinajstić information content (AvgIpc) is 3.37. The predicted molar refractivity (Wildman–Crippen MR) is 120 cm³/mol. The molecular formula is C20H21N5O5S2. The SMILES string of the molecule is CCOc1ccc(-n2nnnc2SCC(=O)Nc2sc(C(C)=O)c(C)c2C(=O)OC)cc1. The van der Waals surface area contributed by atoms with Crippen LogP contribution in [-0.4, -0.2) is 57.3 Å². The van der Waals surface area contributed by atoms with Gasteiger partial charge in [0.1, 0.15) is 10.8 Å². The van der Waals surface area contributed by atoms with E-state index in [2.05, 4.69) is 20.8 Å². The molecule has 0 fully saturated rings. The van der Waals surface area contributed by atoms with Gasteiger partial charge in [-0.25, -0.2) is 4.79 Å². The highest BCUT2D eigenvalue weighted by Gasteiger charge is 2.25. The lowest BCUT2D eigenvalue weighted by molar-refractivity contribution is -0.113. The second kappa shape index (κ2) is 10.4. The van der Waals surface area contributed by atoms with Gasteiger partial charge in [-0.2, -0.15) is 4.68 Å². The molecule has 0 radical (unpaired) electrons. The van der Waals surface area contributed by atoms with Gasteiger partial charge < -0.3 is 14.8 Å². The zero-order valence-electron chi connectivity index (χ0n) is 17.9. The third kappa shape index (κ3) is 5.14. The van der Waals surface area contributed by atoms with Crippen molar-refractivity contribution < 1.29 is 23.9 Å². The van der Waals surface area contributed by atoms with E-state index in [0.717, 1.165) is 28.8 Å². The number of ketones is 1. The second-order valence-electron chi connectivity index (χ2n) is 6.45. The summed E-state index contributed by atoms with van der Waals surface area (Å²) < 4.78 is 11.7. The Morgan fingerprint density at radius 3 is 2.56 bits per heavy atom. The summed E-state index contributed by atoms with van der Waals surface area (Å²) in [5, 5.41) is 15.0. The minimum Gasteiger partial charge on any atom is -0.494 e. The maximum Gasteiger partial charge on any atom is 0.341 e. The van der Waals surface area contributed by atoms with Crippen LogP contribution in [0.1, 0.15) is 39.4 Å². The van der Waals surface area contributed by atoms with Crippen molar-refractivity contribution in [2.75, 3.05) is 24.8 Å². The summed E-state index contributed by atoms with van der Waals surface area (Å²) in [5.74, 6) is -0.464. The predicted octanol–water partition coefficient (Wildman–Crippen LogP) is 3.15. The number of aromatic nitrogens is 4. The molecule has 0 aliphatic rings. The van der Waals surface area contributed by atoms with Gasteiger partial charge in [0.2, 0.25) is 11.1 Å². The summed E-state index contributed by atoms with van der Waals surface area (Å²) in [4.78, 5) is 37.0. The van der Waals surface area contributed by atoms with Crippen LogP contribution in [0.2, 0.25) is 0 Å². The highest BCUT2D eigenvalue weighted by molar-refractivity contribution is 7.99. The Bertz CT molecular complexity index is 1140. The van der Waals surface area contributed by atoms with Crippen LogP contribution in [0, 0.1) is 6.92 Å². The van der Waals surface area contributed by atoms with Crippen LogP contribution in [-0.2, 0) is 9.53 Å². The molecule has 0 aliphatic carbocycles. The molecule has 3 aromatic rings. The van der Waals surface area contributed by atoms with Gasteiger partial charge in [-0.15, -0.1) is 16.4 Å². The molecule has 1 aromatic carbocycles. The Hall–Kier alpha value is -3.25. The number of tetrazole rings is 1. The first-order valence-corrected chi connectivity index (χ1v) is 11.3. The Kier molecular flexibility index (Phi) is 7.59. The monoisotopic (exact) mass is 475 g/mol. The third-order valence-corrected chi connectivity index (χ3v) is 6.50. The summed E-state index contributed by atoms with van der Waals surface area (Å²) in [7, 11) is 1.25. The van der Waals surface area contributed by atoms with Gasteiger partial charge in [-0.3, -0.25) is 9.59 Å². The number of Topliss-reactive ketones (excluding diaryl/α,β-unsaturated/α-hetero) is 1. The third-order valence-electron chi connectivity index (χ3n) is 4.27. The fourth-order valence-electron chi connectivity index (χ4n) is 2.86. The van der Waals surface area contributed by atoms with Crippen molar-refractivity contribution in [2.24, 2.45) is 0 Å². The lowest BCUT2D eigenvalue weighted by Crippen LogP contribution is -2.16. The molecule has 2 aromatic heterocycles. The van der Waals surface area contributed by atoms with Crippen LogP contribution >= 0.6 is 23.1 Å². The molecule has 0 unspecified atom stereocenters. The number of carbonyl (C=O) groups excluding carboxylic acids is 3. The average molecular weight is 476 g/mol. The van der Waals surface area contributed by atoms with Crippen molar-refractivity contribution >= 4 is 45.8 Å². The van der Waals surface area contributed by atoms with Crippen LogP contribution in [0.5, 0.6) is 5.75 Å². The van der Waals surface area contributed by atoms with Crippen LogP contribution in [0.25, 0.3) is 5.69 Å². The summed E-state index contributed by atoms with van der Waals surface area (Å²) in [6.45, 7) is 5.52. The van der Waals surface area contributed by atoms with E-state index >= 15 is 0 Å². The summed E-state index contributed by atoms with van der Waals surface area (Å²) in [5.41, 5.74) is 1.38. The molecule has 168 valence electrons. The maximum atomic E-state index is 12.6. The number of amides is 1. The van der Waals surface area contributed by atoms with E-state index in [1.807, 2.05) is 31.2 Å². The van der Waals surface area contributed by atoms with E-state index in [1.165, 1.54) is 18.7 Å². The Morgan fingerprint density at radius 1 is 1.22 bits per heavy atom. The number of carbonyl (C=O) groups is 3. The number of nitrogens with zero attached hydrogens (tertiary/aromatic N) is 4. The first-order chi connectivity index (χ1) is 15.3. The minimum absolute atomic E-state index is 0.00956. The number of hydrogen-bond acceptors (Lipinski definition) is 10. The van der Waals surface area contributed by atoms with E-state index in [9.17, 15) is 14.4 Å². The van der Waals surface area contributed by atoms with Crippen LogP contribution in [0.15, 0.2) is 29.4 Å². The van der Waals surface area contributed by atoms with Crippen LogP contribution < -0.4 is 10.1 Å². The molecule has 0 atom stereocenters. The second-order valence-corrected chi connectivity index (χ2v) is 8.41. The highest BCUT2D eigenvalue weighted by atomic mass is 32.2. The molecule has 0 saturated carbocycles. The molecule has 1 N–H and O–H groups in total. The Labute approximate surface area is 192 Å². The summed E-state index contributed by atoms with van der Waals surface area (Å²) in [6, 6.07) is 7.24. The molecule has 0 bridgehead atoms. The largest absolute Gasteiger partial charge is 0.494 e. The Balaban J connectivity index is 1.72. The summed E-state index contributed by atoms with van der Waals surface area (Å²) >= 11 is 2.18. The van der Waals surface area contributed by atoms with Gasteiger partial charge >= 0.3 is 5.97 Å².